The molecule has 1 fully saturated rings. The van der Waals surface area contributed by atoms with Crippen LogP contribution in [0.2, 0.25) is 0 Å². The zero-order valence-corrected chi connectivity index (χ0v) is 10.6. The van der Waals surface area contributed by atoms with E-state index in [4.69, 9.17) is 5.11 Å². The maximum absolute atomic E-state index is 11.5. The summed E-state index contributed by atoms with van der Waals surface area (Å²) < 4.78 is 0. The molecule has 6 heteroatoms. The molecule has 2 atom stereocenters. The van der Waals surface area contributed by atoms with Crippen molar-refractivity contribution in [3.05, 3.63) is 0 Å². The summed E-state index contributed by atoms with van der Waals surface area (Å²) in [4.78, 5) is 33.4. The molecule has 3 N–H and O–H groups in total. The second kappa shape index (κ2) is 6.98. The van der Waals surface area contributed by atoms with E-state index in [0.29, 0.717) is 25.7 Å². The van der Waals surface area contributed by atoms with Gasteiger partial charge in [-0.2, -0.15) is 0 Å². The minimum atomic E-state index is -0.803. The molecule has 0 unspecified atom stereocenters. The highest BCUT2D eigenvalue weighted by molar-refractivity contribution is 5.84. The first-order chi connectivity index (χ1) is 8.52. The first-order valence-electron chi connectivity index (χ1n) is 6.31. The van der Waals surface area contributed by atoms with Gasteiger partial charge in [-0.15, -0.1) is 0 Å². The second-order valence-electron chi connectivity index (χ2n) is 4.64. The summed E-state index contributed by atoms with van der Waals surface area (Å²) in [7, 11) is 0. The number of aliphatic carboxylic acids is 1. The molecule has 2 amide bonds. The summed E-state index contributed by atoms with van der Waals surface area (Å²) in [6, 6.07) is -0.0818. The summed E-state index contributed by atoms with van der Waals surface area (Å²) in [5, 5.41) is 14.1. The molecular formula is C12H20N2O4. The van der Waals surface area contributed by atoms with Crippen molar-refractivity contribution in [2.45, 2.75) is 45.1 Å². The number of hydrogen-bond acceptors (Lipinski definition) is 3. The summed E-state index contributed by atoms with van der Waals surface area (Å²) in [5.41, 5.74) is 0. The van der Waals surface area contributed by atoms with Crippen LogP contribution >= 0.6 is 0 Å². The Labute approximate surface area is 106 Å². The standard InChI is InChI=1S/C12H20N2O4/c1-2-3-10(15)13-7-11(16)14-9-5-4-8(6-9)12(17)18/h8-9H,2-7H2,1H3,(H,13,15)(H,14,16)(H,17,18)/t8-,9+/m1/s1. The maximum Gasteiger partial charge on any atom is 0.306 e. The highest BCUT2D eigenvalue weighted by Crippen LogP contribution is 2.25. The van der Waals surface area contributed by atoms with Crippen molar-refractivity contribution in [1.82, 2.24) is 10.6 Å². The number of hydrogen-bond donors (Lipinski definition) is 3. The van der Waals surface area contributed by atoms with Gasteiger partial charge in [0.25, 0.3) is 0 Å². The fourth-order valence-corrected chi connectivity index (χ4v) is 2.11. The van der Waals surface area contributed by atoms with Crippen LogP contribution in [-0.2, 0) is 14.4 Å². The van der Waals surface area contributed by atoms with E-state index in [1.54, 1.807) is 0 Å². The molecule has 1 aliphatic rings. The van der Waals surface area contributed by atoms with E-state index >= 15 is 0 Å². The fourth-order valence-electron chi connectivity index (χ4n) is 2.11. The summed E-state index contributed by atoms with van der Waals surface area (Å²) in [6.07, 6.45) is 2.92. The van der Waals surface area contributed by atoms with Crippen molar-refractivity contribution in [3.8, 4) is 0 Å². The Hall–Kier alpha value is -1.59. The lowest BCUT2D eigenvalue weighted by atomic mass is 10.1. The molecule has 0 heterocycles. The van der Waals surface area contributed by atoms with Gasteiger partial charge in [0, 0.05) is 12.5 Å². The average Bonchev–Trinajstić information content (AvgIpc) is 2.75. The third-order valence-corrected chi connectivity index (χ3v) is 3.07. The van der Waals surface area contributed by atoms with Gasteiger partial charge >= 0.3 is 5.97 Å². The Balaban J connectivity index is 2.21. The van der Waals surface area contributed by atoms with Crippen LogP contribution in [0, 0.1) is 5.92 Å². The van der Waals surface area contributed by atoms with Crippen LogP contribution < -0.4 is 10.6 Å². The zero-order valence-electron chi connectivity index (χ0n) is 10.6. The van der Waals surface area contributed by atoms with Crippen LogP contribution in [0.1, 0.15) is 39.0 Å². The van der Waals surface area contributed by atoms with E-state index < -0.39 is 5.97 Å². The van der Waals surface area contributed by atoms with E-state index in [1.807, 2.05) is 6.92 Å². The molecule has 0 spiro atoms. The van der Waals surface area contributed by atoms with Gasteiger partial charge in [0.05, 0.1) is 12.5 Å². The van der Waals surface area contributed by atoms with E-state index in [1.165, 1.54) is 0 Å². The third-order valence-electron chi connectivity index (χ3n) is 3.07. The van der Waals surface area contributed by atoms with Crippen LogP contribution in [0.25, 0.3) is 0 Å². The van der Waals surface area contributed by atoms with E-state index in [-0.39, 0.29) is 30.3 Å². The van der Waals surface area contributed by atoms with Gasteiger partial charge in [0.2, 0.25) is 11.8 Å². The lowest BCUT2D eigenvalue weighted by Gasteiger charge is -2.12. The van der Waals surface area contributed by atoms with Gasteiger partial charge in [-0.25, -0.2) is 0 Å². The van der Waals surface area contributed by atoms with E-state index in [0.717, 1.165) is 6.42 Å². The number of nitrogens with one attached hydrogen (secondary N) is 2. The number of rotatable bonds is 6. The van der Waals surface area contributed by atoms with Crippen LogP contribution in [0.3, 0.4) is 0 Å². The van der Waals surface area contributed by atoms with Crippen molar-refractivity contribution in [2.75, 3.05) is 6.54 Å². The second-order valence-corrected chi connectivity index (χ2v) is 4.64. The number of amides is 2. The van der Waals surface area contributed by atoms with Crippen LogP contribution in [0.5, 0.6) is 0 Å². The molecule has 0 aromatic rings. The van der Waals surface area contributed by atoms with Crippen molar-refractivity contribution in [3.63, 3.8) is 0 Å². The van der Waals surface area contributed by atoms with Crippen LogP contribution in [0.15, 0.2) is 0 Å². The Morgan fingerprint density at radius 3 is 2.50 bits per heavy atom. The van der Waals surface area contributed by atoms with E-state index in [9.17, 15) is 14.4 Å². The monoisotopic (exact) mass is 256 g/mol. The number of carbonyl (C=O) groups excluding carboxylic acids is 2. The maximum atomic E-state index is 11.5. The van der Waals surface area contributed by atoms with Gasteiger partial charge in [-0.05, 0) is 25.7 Å². The largest absolute Gasteiger partial charge is 0.481 e. The molecule has 0 bridgehead atoms. The molecule has 0 aromatic carbocycles. The van der Waals surface area contributed by atoms with Crippen LogP contribution in [0.4, 0.5) is 0 Å². The number of carboxylic acids is 1. The first-order valence-corrected chi connectivity index (χ1v) is 6.31. The van der Waals surface area contributed by atoms with Gasteiger partial charge < -0.3 is 15.7 Å². The molecule has 6 nitrogen and oxygen atoms in total. The lowest BCUT2D eigenvalue weighted by molar-refractivity contribution is -0.141. The van der Waals surface area contributed by atoms with Gasteiger partial charge in [-0.1, -0.05) is 6.92 Å². The molecule has 1 aliphatic carbocycles. The Morgan fingerprint density at radius 1 is 1.22 bits per heavy atom. The molecule has 18 heavy (non-hydrogen) atoms. The molecule has 0 radical (unpaired) electrons. The molecule has 1 rings (SSSR count). The van der Waals surface area contributed by atoms with Gasteiger partial charge in [0.15, 0.2) is 0 Å². The number of carbonyl (C=O) groups is 3. The lowest BCUT2D eigenvalue weighted by Crippen LogP contribution is -2.41. The smallest absolute Gasteiger partial charge is 0.306 e. The van der Waals surface area contributed by atoms with Crippen molar-refractivity contribution in [2.24, 2.45) is 5.92 Å². The predicted octanol–water partition coefficient (Wildman–Crippen LogP) is 0.272. The Kier molecular flexibility index (Phi) is 5.61. The highest BCUT2D eigenvalue weighted by atomic mass is 16.4. The summed E-state index contributed by atoms with van der Waals surface area (Å²) in [6.45, 7) is 1.86. The molecule has 0 aromatic heterocycles. The number of carboxylic acid groups (broad SMARTS) is 1. The van der Waals surface area contributed by atoms with Crippen molar-refractivity contribution < 1.29 is 19.5 Å². The topological polar surface area (TPSA) is 95.5 Å². The van der Waals surface area contributed by atoms with E-state index in [2.05, 4.69) is 10.6 Å². The van der Waals surface area contributed by atoms with Crippen LogP contribution in [-0.4, -0.2) is 35.5 Å². The van der Waals surface area contributed by atoms with Gasteiger partial charge in [0.1, 0.15) is 0 Å². The SMILES string of the molecule is CCCC(=O)NCC(=O)N[C@H]1CC[C@@H](C(=O)O)C1. The fraction of sp³-hybridized carbons (Fsp3) is 0.750. The minimum absolute atomic E-state index is 0.0347. The molecule has 0 aliphatic heterocycles. The quantitative estimate of drug-likeness (QED) is 0.635. The molecule has 0 saturated heterocycles. The molecule has 102 valence electrons. The highest BCUT2D eigenvalue weighted by Gasteiger charge is 2.30. The molecular weight excluding hydrogens is 236 g/mol. The third kappa shape index (κ3) is 4.73. The average molecular weight is 256 g/mol. The Bertz CT molecular complexity index is 330. The summed E-state index contributed by atoms with van der Waals surface area (Å²) in [5.74, 6) is -1.55. The Morgan fingerprint density at radius 2 is 1.94 bits per heavy atom. The summed E-state index contributed by atoms with van der Waals surface area (Å²) >= 11 is 0. The molecule has 1 saturated carbocycles. The minimum Gasteiger partial charge on any atom is -0.481 e. The predicted molar refractivity (Wildman–Crippen MR) is 64.8 cm³/mol. The first kappa shape index (κ1) is 14.5. The normalized spacial score (nSPS) is 22.5. The van der Waals surface area contributed by atoms with Crippen molar-refractivity contribution >= 4 is 17.8 Å². The van der Waals surface area contributed by atoms with Gasteiger partial charge in [-0.3, -0.25) is 14.4 Å². The van der Waals surface area contributed by atoms with Crippen molar-refractivity contribution in [1.29, 1.82) is 0 Å². The zero-order chi connectivity index (χ0) is 13.5.